The largest absolute Gasteiger partial charge is 0.398 e. The molecule has 6 N–H and O–H groups in total. The van der Waals surface area contributed by atoms with Crippen LogP contribution in [-0.2, 0) is 0 Å². The Balaban J connectivity index is 1.72. The van der Waals surface area contributed by atoms with Crippen molar-refractivity contribution in [3.8, 4) is 0 Å². The molecule has 0 radical (unpaired) electrons. The number of hydrogen-bond donors (Lipinski definition) is 4. The second-order valence-electron chi connectivity index (χ2n) is 5.04. The molecule has 2 aromatic carbocycles. The van der Waals surface area contributed by atoms with Crippen LogP contribution in [0.4, 0.5) is 11.4 Å². The molecule has 0 atom stereocenters. The summed E-state index contributed by atoms with van der Waals surface area (Å²) < 4.78 is 0. The lowest BCUT2D eigenvalue weighted by atomic mass is 10.1. The number of nitrogens with one attached hydrogen (secondary N) is 2. The van der Waals surface area contributed by atoms with Gasteiger partial charge < -0.3 is 22.1 Å². The Hall–Kier alpha value is -3.02. The molecule has 0 aliphatic rings. The Bertz CT molecular complexity index is 641. The van der Waals surface area contributed by atoms with Gasteiger partial charge in [0, 0.05) is 24.5 Å². The molecule has 0 saturated carbocycles. The molecular weight excluding hydrogens is 292 g/mol. The fraction of sp³-hybridized carbons (Fsp3) is 0.176. The SMILES string of the molecule is Nc1ccccc1C(=O)NCCCNC(=O)c1ccccc1N. The van der Waals surface area contributed by atoms with Gasteiger partial charge in [0.2, 0.25) is 0 Å². The number of hydrogen-bond acceptors (Lipinski definition) is 4. The molecule has 2 rings (SSSR count). The number of nitrogen functional groups attached to an aromatic ring is 2. The van der Waals surface area contributed by atoms with Crippen molar-refractivity contribution in [2.24, 2.45) is 0 Å². The van der Waals surface area contributed by atoms with Crippen LogP contribution in [0.5, 0.6) is 0 Å². The summed E-state index contributed by atoms with van der Waals surface area (Å²) in [5.41, 5.74) is 13.3. The third kappa shape index (κ3) is 4.47. The van der Waals surface area contributed by atoms with Gasteiger partial charge in [0.25, 0.3) is 11.8 Å². The lowest BCUT2D eigenvalue weighted by Gasteiger charge is -2.09. The fourth-order valence-electron chi connectivity index (χ4n) is 2.09. The Kier molecular flexibility index (Phi) is 5.57. The van der Waals surface area contributed by atoms with Crippen LogP contribution in [0.25, 0.3) is 0 Å². The van der Waals surface area contributed by atoms with E-state index >= 15 is 0 Å². The molecule has 0 fully saturated rings. The molecule has 2 aromatic rings. The van der Waals surface area contributed by atoms with Crippen LogP contribution in [-0.4, -0.2) is 24.9 Å². The summed E-state index contributed by atoms with van der Waals surface area (Å²) in [5.74, 6) is -0.441. The first-order valence-electron chi connectivity index (χ1n) is 7.35. The van der Waals surface area contributed by atoms with E-state index in [1.54, 1.807) is 48.5 Å². The minimum atomic E-state index is -0.221. The van der Waals surface area contributed by atoms with Gasteiger partial charge in [-0.3, -0.25) is 9.59 Å². The lowest BCUT2D eigenvalue weighted by Crippen LogP contribution is -2.30. The average Bonchev–Trinajstić information content (AvgIpc) is 2.55. The summed E-state index contributed by atoms with van der Waals surface area (Å²) in [5, 5.41) is 5.54. The van der Waals surface area contributed by atoms with Crippen molar-refractivity contribution in [2.75, 3.05) is 24.6 Å². The summed E-state index contributed by atoms with van der Waals surface area (Å²) in [6.07, 6.45) is 0.608. The Morgan fingerprint density at radius 2 is 1.13 bits per heavy atom. The van der Waals surface area contributed by atoms with Crippen LogP contribution in [0.1, 0.15) is 27.1 Å². The third-order valence-corrected chi connectivity index (χ3v) is 3.34. The molecule has 0 aliphatic heterocycles. The van der Waals surface area contributed by atoms with E-state index in [1.165, 1.54) is 0 Å². The molecule has 0 unspecified atom stereocenters. The molecule has 0 heterocycles. The Labute approximate surface area is 134 Å². The zero-order valence-electron chi connectivity index (χ0n) is 12.7. The first kappa shape index (κ1) is 16.4. The zero-order chi connectivity index (χ0) is 16.7. The van der Waals surface area contributed by atoms with E-state index in [2.05, 4.69) is 10.6 Å². The normalized spacial score (nSPS) is 10.1. The second kappa shape index (κ2) is 7.84. The van der Waals surface area contributed by atoms with E-state index in [4.69, 9.17) is 11.5 Å². The standard InChI is InChI=1S/C17H20N4O2/c18-14-8-3-1-6-12(14)16(22)20-10-5-11-21-17(23)13-7-2-4-9-15(13)19/h1-4,6-9H,5,10-11,18-19H2,(H,20,22)(H,21,23). The van der Waals surface area contributed by atoms with Crippen molar-refractivity contribution in [3.05, 3.63) is 59.7 Å². The molecular formula is C17H20N4O2. The summed E-state index contributed by atoms with van der Waals surface area (Å²) in [4.78, 5) is 23.9. The molecule has 6 nitrogen and oxygen atoms in total. The zero-order valence-corrected chi connectivity index (χ0v) is 12.7. The number of para-hydroxylation sites is 2. The maximum atomic E-state index is 11.9. The first-order chi connectivity index (χ1) is 11.1. The number of carbonyl (C=O) groups excluding carboxylic acids is 2. The first-order valence-corrected chi connectivity index (χ1v) is 7.35. The molecule has 23 heavy (non-hydrogen) atoms. The number of amides is 2. The van der Waals surface area contributed by atoms with Crippen molar-refractivity contribution >= 4 is 23.2 Å². The van der Waals surface area contributed by atoms with Gasteiger partial charge in [-0.25, -0.2) is 0 Å². The van der Waals surface area contributed by atoms with Gasteiger partial charge in [-0.1, -0.05) is 24.3 Å². The fourth-order valence-corrected chi connectivity index (χ4v) is 2.09. The highest BCUT2D eigenvalue weighted by Gasteiger charge is 2.09. The van der Waals surface area contributed by atoms with E-state index in [9.17, 15) is 9.59 Å². The van der Waals surface area contributed by atoms with Crippen LogP contribution in [0.15, 0.2) is 48.5 Å². The van der Waals surface area contributed by atoms with E-state index in [-0.39, 0.29) is 11.8 Å². The molecule has 0 saturated heterocycles. The number of nitrogens with two attached hydrogens (primary N) is 2. The van der Waals surface area contributed by atoms with Crippen LogP contribution in [0.2, 0.25) is 0 Å². The summed E-state index contributed by atoms with van der Waals surface area (Å²) >= 11 is 0. The minimum Gasteiger partial charge on any atom is -0.398 e. The minimum absolute atomic E-state index is 0.221. The molecule has 120 valence electrons. The van der Waals surface area contributed by atoms with Crippen LogP contribution >= 0.6 is 0 Å². The predicted octanol–water partition coefficient (Wildman–Crippen LogP) is 1.40. The topological polar surface area (TPSA) is 110 Å². The van der Waals surface area contributed by atoms with Gasteiger partial charge in [-0.2, -0.15) is 0 Å². The highest BCUT2D eigenvalue weighted by molar-refractivity contribution is 5.99. The second-order valence-corrected chi connectivity index (χ2v) is 5.04. The smallest absolute Gasteiger partial charge is 0.253 e. The summed E-state index contributed by atoms with van der Waals surface area (Å²) in [6.45, 7) is 0.884. The summed E-state index contributed by atoms with van der Waals surface area (Å²) in [7, 11) is 0. The molecule has 0 spiro atoms. The van der Waals surface area contributed by atoms with Gasteiger partial charge in [0.05, 0.1) is 11.1 Å². The van der Waals surface area contributed by atoms with Crippen LogP contribution < -0.4 is 22.1 Å². The molecule has 0 aliphatic carbocycles. The number of rotatable bonds is 6. The van der Waals surface area contributed by atoms with E-state index in [0.717, 1.165) is 0 Å². The Morgan fingerprint density at radius 3 is 1.52 bits per heavy atom. The lowest BCUT2D eigenvalue weighted by molar-refractivity contribution is 0.0953. The number of anilines is 2. The number of carbonyl (C=O) groups is 2. The molecule has 0 aromatic heterocycles. The van der Waals surface area contributed by atoms with Crippen molar-refractivity contribution in [3.63, 3.8) is 0 Å². The number of benzene rings is 2. The van der Waals surface area contributed by atoms with Crippen molar-refractivity contribution in [1.82, 2.24) is 10.6 Å². The molecule has 6 heteroatoms. The predicted molar refractivity (Wildman–Crippen MR) is 91.0 cm³/mol. The quantitative estimate of drug-likeness (QED) is 0.477. The highest BCUT2D eigenvalue weighted by Crippen LogP contribution is 2.10. The third-order valence-electron chi connectivity index (χ3n) is 3.34. The van der Waals surface area contributed by atoms with Crippen molar-refractivity contribution < 1.29 is 9.59 Å². The van der Waals surface area contributed by atoms with Crippen LogP contribution in [0, 0.1) is 0 Å². The Morgan fingerprint density at radius 1 is 0.739 bits per heavy atom. The van der Waals surface area contributed by atoms with Crippen molar-refractivity contribution in [1.29, 1.82) is 0 Å². The monoisotopic (exact) mass is 312 g/mol. The summed E-state index contributed by atoms with van der Waals surface area (Å²) in [6, 6.07) is 13.8. The van der Waals surface area contributed by atoms with Gasteiger partial charge >= 0.3 is 0 Å². The van der Waals surface area contributed by atoms with Gasteiger partial charge in [-0.05, 0) is 30.7 Å². The van der Waals surface area contributed by atoms with Crippen LogP contribution in [0.3, 0.4) is 0 Å². The van der Waals surface area contributed by atoms with E-state index < -0.39 is 0 Å². The molecule has 0 bridgehead atoms. The van der Waals surface area contributed by atoms with Gasteiger partial charge in [0.1, 0.15) is 0 Å². The van der Waals surface area contributed by atoms with E-state index in [1.807, 2.05) is 0 Å². The maximum Gasteiger partial charge on any atom is 0.253 e. The highest BCUT2D eigenvalue weighted by atomic mass is 16.2. The average molecular weight is 312 g/mol. The van der Waals surface area contributed by atoms with Gasteiger partial charge in [-0.15, -0.1) is 0 Å². The van der Waals surface area contributed by atoms with Gasteiger partial charge in [0.15, 0.2) is 0 Å². The van der Waals surface area contributed by atoms with E-state index in [0.29, 0.717) is 42.0 Å². The maximum absolute atomic E-state index is 11.9. The molecule has 2 amide bonds. The van der Waals surface area contributed by atoms with Crippen molar-refractivity contribution in [2.45, 2.75) is 6.42 Å².